The molecule has 41 heavy (non-hydrogen) atoms. The van der Waals surface area contributed by atoms with Crippen LogP contribution in [0.1, 0.15) is 63.1 Å². The van der Waals surface area contributed by atoms with E-state index in [4.69, 9.17) is 4.74 Å². The lowest BCUT2D eigenvalue weighted by Gasteiger charge is -2.55. The van der Waals surface area contributed by atoms with E-state index in [-0.39, 0.29) is 11.2 Å². The number of aromatic nitrogens is 5. The number of carbonyl (C=O) groups is 1. The molecule has 2 aromatic heterocycles. The number of ether oxygens (including phenoxy) is 1. The van der Waals surface area contributed by atoms with Gasteiger partial charge in [-0.3, -0.25) is 9.69 Å². The fourth-order valence-corrected chi connectivity index (χ4v) is 7.28. The number of aryl methyl sites for hydroxylation is 1. The number of rotatable bonds is 8. The molecule has 2 saturated heterocycles. The number of benzene rings is 1. The van der Waals surface area contributed by atoms with Crippen molar-refractivity contribution in [1.82, 2.24) is 30.3 Å². The third kappa shape index (κ3) is 4.96. The second-order valence-electron chi connectivity index (χ2n) is 12.9. The van der Waals surface area contributed by atoms with Crippen molar-refractivity contribution in [2.75, 3.05) is 31.1 Å². The summed E-state index contributed by atoms with van der Waals surface area (Å²) in [7, 11) is 0. The fourth-order valence-electron chi connectivity index (χ4n) is 7.28. The quantitative estimate of drug-likeness (QED) is 0.381. The Kier molecular flexibility index (Phi) is 6.48. The van der Waals surface area contributed by atoms with Crippen LogP contribution in [0.5, 0.6) is 11.6 Å². The monoisotopic (exact) mass is 557 g/mol. The molecule has 1 aromatic carbocycles. The highest BCUT2D eigenvalue weighted by atomic mass is 19.1. The van der Waals surface area contributed by atoms with Gasteiger partial charge in [-0.2, -0.15) is 5.10 Å². The summed E-state index contributed by atoms with van der Waals surface area (Å²) in [6, 6.07) is 6.97. The summed E-state index contributed by atoms with van der Waals surface area (Å²) in [5, 5.41) is 17.1. The maximum atomic E-state index is 14.5. The van der Waals surface area contributed by atoms with Crippen molar-refractivity contribution in [1.29, 1.82) is 0 Å². The first-order valence-corrected chi connectivity index (χ1v) is 14.8. The molecule has 2 aliphatic heterocycles. The summed E-state index contributed by atoms with van der Waals surface area (Å²) >= 11 is 0. The highest BCUT2D eigenvalue weighted by Crippen LogP contribution is 2.48. The molecule has 1 spiro atoms. The average Bonchev–Trinajstić information content (AvgIpc) is 3.67. The van der Waals surface area contributed by atoms with Gasteiger partial charge in [-0.05, 0) is 73.8 Å². The van der Waals surface area contributed by atoms with Gasteiger partial charge in [0.1, 0.15) is 29.4 Å². The highest BCUT2D eigenvalue weighted by molar-refractivity contribution is 5.84. The van der Waals surface area contributed by atoms with Crippen molar-refractivity contribution in [3.05, 3.63) is 47.7 Å². The zero-order chi connectivity index (χ0) is 28.3. The van der Waals surface area contributed by atoms with Crippen LogP contribution >= 0.6 is 0 Å². The largest absolute Gasteiger partial charge is 0.434 e. The Hall–Kier alpha value is -3.53. The van der Waals surface area contributed by atoms with Gasteiger partial charge < -0.3 is 9.64 Å². The number of Topliss-reactive ketones (excluding diaryl/α,β-unsaturated/α-hetero) is 1. The van der Waals surface area contributed by atoms with Crippen LogP contribution in [0.25, 0.3) is 11.3 Å². The number of nitrogens with zero attached hydrogens (tertiary/aromatic N) is 7. The Morgan fingerprint density at radius 2 is 1.88 bits per heavy atom. The Bertz CT molecular complexity index is 1480. The first-order valence-electron chi connectivity index (χ1n) is 14.8. The normalized spacial score (nSPS) is 21.3. The van der Waals surface area contributed by atoms with E-state index >= 15 is 0 Å². The van der Waals surface area contributed by atoms with Gasteiger partial charge in [0, 0.05) is 56.0 Å². The maximum absolute atomic E-state index is 14.5. The number of likely N-dealkylation sites (tertiary alicyclic amines) is 1. The molecule has 1 atom stereocenters. The molecule has 4 fully saturated rings. The zero-order valence-corrected chi connectivity index (χ0v) is 23.9. The van der Waals surface area contributed by atoms with E-state index in [0.717, 1.165) is 69.5 Å². The molecule has 2 aliphatic carbocycles. The lowest BCUT2D eigenvalue weighted by atomic mass is 9.70. The predicted molar refractivity (Wildman–Crippen MR) is 151 cm³/mol. The summed E-state index contributed by atoms with van der Waals surface area (Å²) in [5.74, 6) is 2.86. The Morgan fingerprint density at radius 1 is 1.07 bits per heavy atom. The van der Waals surface area contributed by atoms with Crippen LogP contribution in [0.15, 0.2) is 30.6 Å². The van der Waals surface area contributed by atoms with Crippen LogP contribution in [-0.4, -0.2) is 68.3 Å². The Labute approximate surface area is 239 Å². The van der Waals surface area contributed by atoms with Crippen LogP contribution < -0.4 is 9.64 Å². The molecular weight excluding hydrogens is 521 g/mol. The van der Waals surface area contributed by atoms with Crippen LogP contribution in [0.3, 0.4) is 0 Å². The number of hydrogen-bond donors (Lipinski definition) is 0. The number of carbonyl (C=O) groups excluding carboxylic acids is 1. The molecule has 0 radical (unpaired) electrons. The molecule has 2 saturated carbocycles. The molecule has 4 heterocycles. The fraction of sp³-hybridized carbons (Fsp3) is 0.548. The second-order valence-corrected chi connectivity index (χ2v) is 12.9. The van der Waals surface area contributed by atoms with Crippen molar-refractivity contribution in [3.8, 4) is 22.9 Å². The van der Waals surface area contributed by atoms with E-state index in [0.29, 0.717) is 58.3 Å². The molecular formula is C31H36FN7O2. The number of ketones is 1. The SMILES string of the molecule is Cc1cc(C2CC2)c(-c2cc(F)ccc2Oc2nncnc2N2CCC3(C2)CN([C@@H](C(C)C)C2CC(=O)C2)C3)nn1. The van der Waals surface area contributed by atoms with Gasteiger partial charge >= 0.3 is 0 Å². The van der Waals surface area contributed by atoms with E-state index in [2.05, 4.69) is 49.0 Å². The highest BCUT2D eigenvalue weighted by Gasteiger charge is 2.52. The van der Waals surface area contributed by atoms with E-state index < -0.39 is 0 Å². The smallest absolute Gasteiger partial charge is 0.282 e. The van der Waals surface area contributed by atoms with Crippen LogP contribution in [0.4, 0.5) is 10.2 Å². The first kappa shape index (κ1) is 26.4. The molecule has 0 bridgehead atoms. The van der Waals surface area contributed by atoms with E-state index in [1.54, 1.807) is 6.07 Å². The minimum Gasteiger partial charge on any atom is -0.434 e. The van der Waals surface area contributed by atoms with Crippen molar-refractivity contribution in [2.45, 2.75) is 64.8 Å². The standard InChI is InChI=1S/C31H36FN7O2/c1-18(2)28(21-11-23(40)12-21)39-15-31(16-39)8-9-38(14-31)29-30(37-34-17-33-29)41-26-7-6-22(32)13-25(26)27-24(20-4-5-20)10-19(3)35-36-27/h6-7,10,13,17-18,20-21,28H,4-5,8-9,11-12,14-16H2,1-3H3/t28-/m0/s1. The van der Waals surface area contributed by atoms with Gasteiger partial charge in [0.05, 0.1) is 5.69 Å². The first-order chi connectivity index (χ1) is 19.8. The van der Waals surface area contributed by atoms with Gasteiger partial charge in [-0.25, -0.2) is 9.37 Å². The van der Waals surface area contributed by atoms with Gasteiger partial charge in [-0.15, -0.1) is 15.3 Å². The topological polar surface area (TPSA) is 97.2 Å². The van der Waals surface area contributed by atoms with Crippen molar-refractivity contribution >= 4 is 11.6 Å². The molecule has 0 unspecified atom stereocenters. The number of halogens is 1. The minimum absolute atomic E-state index is 0.195. The maximum Gasteiger partial charge on any atom is 0.282 e. The second kappa shape index (κ2) is 10.1. The van der Waals surface area contributed by atoms with Crippen molar-refractivity contribution < 1.29 is 13.9 Å². The summed E-state index contributed by atoms with van der Waals surface area (Å²) in [4.78, 5) is 21.1. The minimum atomic E-state index is -0.365. The molecule has 4 aliphatic rings. The molecule has 3 aromatic rings. The van der Waals surface area contributed by atoms with Gasteiger partial charge in [-0.1, -0.05) is 13.8 Å². The van der Waals surface area contributed by atoms with Gasteiger partial charge in [0.15, 0.2) is 5.82 Å². The third-order valence-corrected chi connectivity index (χ3v) is 9.32. The summed E-state index contributed by atoms with van der Waals surface area (Å²) in [6.07, 6.45) is 6.15. The van der Waals surface area contributed by atoms with E-state index in [9.17, 15) is 9.18 Å². The van der Waals surface area contributed by atoms with Crippen LogP contribution in [0, 0.1) is 30.0 Å². The summed E-state index contributed by atoms with van der Waals surface area (Å²) < 4.78 is 20.9. The predicted octanol–water partition coefficient (Wildman–Crippen LogP) is 4.96. The molecule has 0 N–H and O–H groups in total. The summed E-state index contributed by atoms with van der Waals surface area (Å²) in [5.41, 5.74) is 3.31. The molecule has 10 heteroatoms. The lowest BCUT2D eigenvalue weighted by molar-refractivity contribution is -0.133. The zero-order valence-electron chi connectivity index (χ0n) is 23.9. The number of hydrogen-bond acceptors (Lipinski definition) is 9. The molecule has 214 valence electrons. The van der Waals surface area contributed by atoms with Gasteiger partial charge in [0.2, 0.25) is 0 Å². The summed E-state index contributed by atoms with van der Waals surface area (Å²) in [6.45, 7) is 10.2. The molecule has 9 nitrogen and oxygen atoms in total. The van der Waals surface area contributed by atoms with E-state index in [1.807, 2.05) is 13.0 Å². The third-order valence-electron chi connectivity index (χ3n) is 9.32. The van der Waals surface area contributed by atoms with Crippen LogP contribution in [-0.2, 0) is 4.79 Å². The van der Waals surface area contributed by atoms with Crippen molar-refractivity contribution in [2.24, 2.45) is 17.3 Å². The van der Waals surface area contributed by atoms with Crippen LogP contribution in [0.2, 0.25) is 0 Å². The van der Waals surface area contributed by atoms with Crippen molar-refractivity contribution in [3.63, 3.8) is 0 Å². The number of anilines is 1. The average molecular weight is 558 g/mol. The van der Waals surface area contributed by atoms with E-state index in [1.165, 1.54) is 18.5 Å². The molecule has 7 rings (SSSR count). The Balaban J connectivity index is 1.11. The lowest BCUT2D eigenvalue weighted by Crippen LogP contribution is -2.64. The molecule has 0 amide bonds. The Morgan fingerprint density at radius 3 is 2.61 bits per heavy atom. The van der Waals surface area contributed by atoms with Gasteiger partial charge in [0.25, 0.3) is 5.88 Å².